The fraction of sp³-hybridized carbons (Fsp3) is 0.312. The number of amides is 1. The van der Waals surface area contributed by atoms with Crippen molar-refractivity contribution in [1.82, 2.24) is 5.32 Å². The lowest BCUT2D eigenvalue weighted by molar-refractivity contribution is 0.0946. The number of benzene rings is 1. The maximum Gasteiger partial charge on any atom is 0.251 e. The third-order valence-electron chi connectivity index (χ3n) is 3.18. The molecule has 2 nitrogen and oxygen atoms in total. The van der Waals surface area contributed by atoms with Crippen molar-refractivity contribution in [3.8, 4) is 0 Å². The summed E-state index contributed by atoms with van der Waals surface area (Å²) in [4.78, 5) is 13.5. The third kappa shape index (κ3) is 3.70. The van der Waals surface area contributed by atoms with Crippen molar-refractivity contribution in [1.29, 1.82) is 0 Å². The number of nitrogens with one attached hydrogen (secondary N) is 1. The average molecular weight is 352 g/mol. The molecule has 1 amide bonds. The predicted octanol–water partition coefficient (Wildman–Crippen LogP) is 4.53. The minimum absolute atomic E-state index is 0.0287. The molecular formula is C16H18BrNOS. The summed E-state index contributed by atoms with van der Waals surface area (Å²) in [5, 5.41) is 5.09. The van der Waals surface area contributed by atoms with Crippen LogP contribution in [0, 0.1) is 6.92 Å². The monoisotopic (exact) mass is 351 g/mol. The molecule has 0 aliphatic carbocycles. The number of carbonyl (C=O) groups excluding carboxylic acids is 1. The Labute approximate surface area is 132 Å². The second-order valence-electron chi connectivity index (χ2n) is 5.56. The first-order valence-corrected chi connectivity index (χ1v) is 8.15. The molecule has 0 saturated carbocycles. The first-order valence-electron chi connectivity index (χ1n) is 6.48. The quantitative estimate of drug-likeness (QED) is 0.861. The van der Waals surface area contributed by atoms with Gasteiger partial charge < -0.3 is 5.32 Å². The van der Waals surface area contributed by atoms with Crippen LogP contribution in [-0.2, 0) is 5.41 Å². The summed E-state index contributed by atoms with van der Waals surface area (Å²) < 4.78 is 0.931. The SMILES string of the molecule is Cc1cc(Br)cc(C(=O)NCC(C)(C)c2cccs2)c1. The van der Waals surface area contributed by atoms with Crippen LogP contribution in [0.15, 0.2) is 40.2 Å². The van der Waals surface area contributed by atoms with Gasteiger partial charge in [0.05, 0.1) is 0 Å². The van der Waals surface area contributed by atoms with Crippen LogP contribution in [0.25, 0.3) is 0 Å². The van der Waals surface area contributed by atoms with E-state index in [1.54, 1.807) is 11.3 Å². The Hall–Kier alpha value is -1.13. The standard InChI is InChI=1S/C16H18BrNOS/c1-11-7-12(9-13(17)8-11)15(19)18-10-16(2,3)14-5-4-6-20-14/h4-9H,10H2,1-3H3,(H,18,19). The molecule has 1 heterocycles. The molecule has 1 N–H and O–H groups in total. The molecule has 0 radical (unpaired) electrons. The van der Waals surface area contributed by atoms with Gasteiger partial charge in [-0.05, 0) is 42.1 Å². The van der Waals surface area contributed by atoms with Gasteiger partial charge in [0.25, 0.3) is 5.91 Å². The number of rotatable bonds is 4. The average Bonchev–Trinajstić information content (AvgIpc) is 2.89. The molecular weight excluding hydrogens is 334 g/mol. The Morgan fingerprint density at radius 1 is 1.35 bits per heavy atom. The Morgan fingerprint density at radius 2 is 2.10 bits per heavy atom. The van der Waals surface area contributed by atoms with E-state index in [0.29, 0.717) is 12.1 Å². The molecule has 0 atom stereocenters. The summed E-state index contributed by atoms with van der Waals surface area (Å²) in [7, 11) is 0. The number of thiophene rings is 1. The summed E-state index contributed by atoms with van der Waals surface area (Å²) in [6.45, 7) is 6.89. The van der Waals surface area contributed by atoms with Crippen molar-refractivity contribution in [2.45, 2.75) is 26.2 Å². The van der Waals surface area contributed by atoms with E-state index in [4.69, 9.17) is 0 Å². The fourth-order valence-corrected chi connectivity index (χ4v) is 3.48. The van der Waals surface area contributed by atoms with Crippen LogP contribution in [0.4, 0.5) is 0 Å². The summed E-state index contributed by atoms with van der Waals surface area (Å²) in [6.07, 6.45) is 0. The van der Waals surface area contributed by atoms with Crippen molar-refractivity contribution < 1.29 is 4.79 Å². The molecule has 2 rings (SSSR count). The Bertz CT molecular complexity index is 585. The van der Waals surface area contributed by atoms with Gasteiger partial charge in [-0.15, -0.1) is 11.3 Å². The maximum absolute atomic E-state index is 12.2. The lowest BCUT2D eigenvalue weighted by atomic mass is 9.91. The fourth-order valence-electron chi connectivity index (χ4n) is 2.02. The first-order chi connectivity index (χ1) is 9.38. The minimum Gasteiger partial charge on any atom is -0.351 e. The number of halogens is 1. The largest absolute Gasteiger partial charge is 0.351 e. The van der Waals surface area contributed by atoms with Crippen molar-refractivity contribution in [3.05, 3.63) is 56.2 Å². The second-order valence-corrected chi connectivity index (χ2v) is 7.42. The van der Waals surface area contributed by atoms with Crippen LogP contribution in [0.3, 0.4) is 0 Å². The van der Waals surface area contributed by atoms with Gasteiger partial charge >= 0.3 is 0 Å². The summed E-state index contributed by atoms with van der Waals surface area (Å²) in [5.41, 5.74) is 1.71. The van der Waals surface area contributed by atoms with Gasteiger partial charge in [-0.2, -0.15) is 0 Å². The molecule has 0 aliphatic heterocycles. The number of carbonyl (C=O) groups is 1. The van der Waals surface area contributed by atoms with Crippen LogP contribution in [-0.4, -0.2) is 12.5 Å². The van der Waals surface area contributed by atoms with Crippen LogP contribution in [0.1, 0.15) is 34.6 Å². The van der Waals surface area contributed by atoms with Gasteiger partial charge in [0.1, 0.15) is 0 Å². The van der Waals surface area contributed by atoms with Crippen molar-refractivity contribution in [2.24, 2.45) is 0 Å². The number of hydrogen-bond donors (Lipinski definition) is 1. The van der Waals surface area contributed by atoms with Crippen LogP contribution in [0.5, 0.6) is 0 Å². The van der Waals surface area contributed by atoms with Gasteiger partial charge in [-0.3, -0.25) is 4.79 Å². The molecule has 106 valence electrons. The molecule has 0 unspecified atom stereocenters. The first kappa shape index (κ1) is 15.3. The highest BCUT2D eigenvalue weighted by Crippen LogP contribution is 2.26. The van der Waals surface area contributed by atoms with Gasteiger partial charge in [0.2, 0.25) is 0 Å². The highest BCUT2D eigenvalue weighted by atomic mass is 79.9. The summed E-state index contributed by atoms with van der Waals surface area (Å²) in [6, 6.07) is 9.90. The predicted molar refractivity (Wildman–Crippen MR) is 88.6 cm³/mol. The van der Waals surface area contributed by atoms with Crippen molar-refractivity contribution >= 4 is 33.2 Å². The van der Waals surface area contributed by atoms with E-state index in [9.17, 15) is 4.79 Å². The minimum atomic E-state index is -0.0507. The molecule has 4 heteroatoms. The number of hydrogen-bond acceptors (Lipinski definition) is 2. The van der Waals surface area contributed by atoms with Gasteiger partial charge in [0.15, 0.2) is 0 Å². The van der Waals surface area contributed by atoms with E-state index < -0.39 is 0 Å². The molecule has 20 heavy (non-hydrogen) atoms. The van der Waals surface area contributed by atoms with Crippen LogP contribution >= 0.6 is 27.3 Å². The van der Waals surface area contributed by atoms with Crippen LogP contribution in [0.2, 0.25) is 0 Å². The topological polar surface area (TPSA) is 29.1 Å². The van der Waals surface area contributed by atoms with E-state index in [1.807, 2.05) is 31.2 Å². The van der Waals surface area contributed by atoms with E-state index in [1.165, 1.54) is 4.88 Å². The zero-order valence-corrected chi connectivity index (χ0v) is 14.3. The third-order valence-corrected chi connectivity index (χ3v) is 4.88. The number of aryl methyl sites for hydroxylation is 1. The molecule has 0 fully saturated rings. The van der Waals surface area contributed by atoms with E-state index in [2.05, 4.69) is 46.5 Å². The zero-order chi connectivity index (χ0) is 14.8. The van der Waals surface area contributed by atoms with Crippen LogP contribution < -0.4 is 5.32 Å². The smallest absolute Gasteiger partial charge is 0.251 e. The molecule has 0 bridgehead atoms. The van der Waals surface area contributed by atoms with E-state index >= 15 is 0 Å². The summed E-state index contributed by atoms with van der Waals surface area (Å²) >= 11 is 5.15. The van der Waals surface area contributed by atoms with E-state index in [-0.39, 0.29) is 11.3 Å². The van der Waals surface area contributed by atoms with Gasteiger partial charge in [0, 0.05) is 26.9 Å². The Morgan fingerprint density at radius 3 is 2.70 bits per heavy atom. The van der Waals surface area contributed by atoms with Crippen molar-refractivity contribution in [3.63, 3.8) is 0 Å². The molecule has 1 aromatic heterocycles. The van der Waals surface area contributed by atoms with Gasteiger partial charge in [-0.1, -0.05) is 35.8 Å². The molecule has 0 aliphatic rings. The summed E-state index contributed by atoms with van der Waals surface area (Å²) in [5.74, 6) is -0.0287. The van der Waals surface area contributed by atoms with E-state index in [0.717, 1.165) is 10.0 Å². The molecule has 0 spiro atoms. The van der Waals surface area contributed by atoms with Crippen molar-refractivity contribution in [2.75, 3.05) is 6.54 Å². The normalized spacial score (nSPS) is 11.4. The van der Waals surface area contributed by atoms with Gasteiger partial charge in [-0.25, -0.2) is 0 Å². The molecule has 2 aromatic rings. The Kier molecular flexibility index (Phi) is 4.66. The second kappa shape index (κ2) is 6.10. The maximum atomic E-state index is 12.2. The highest BCUT2D eigenvalue weighted by Gasteiger charge is 2.22. The lowest BCUT2D eigenvalue weighted by Crippen LogP contribution is -2.36. The molecule has 0 saturated heterocycles. The molecule has 1 aromatic carbocycles. The Balaban J connectivity index is 2.05. The lowest BCUT2D eigenvalue weighted by Gasteiger charge is -2.23. The zero-order valence-electron chi connectivity index (χ0n) is 11.9. The highest BCUT2D eigenvalue weighted by molar-refractivity contribution is 9.10.